The zero-order chi connectivity index (χ0) is 19.7. The Morgan fingerprint density at radius 2 is 1.96 bits per heavy atom. The normalized spacial score (nSPS) is 19.5. The summed E-state index contributed by atoms with van der Waals surface area (Å²) in [7, 11) is 0. The Bertz CT molecular complexity index is 1030. The molecule has 0 saturated carbocycles. The smallest absolute Gasteiger partial charge is 0.243 e. The number of para-hydroxylation sites is 1. The topological polar surface area (TPSA) is 57.1 Å². The van der Waals surface area contributed by atoms with E-state index in [2.05, 4.69) is 35.7 Å². The van der Waals surface area contributed by atoms with Crippen LogP contribution in [0.15, 0.2) is 74.1 Å². The highest BCUT2D eigenvalue weighted by Crippen LogP contribution is 2.41. The molecular weight excluding hydrogens is 388 g/mol. The Hall–Kier alpha value is -2.51. The number of aryl methyl sites for hydroxylation is 1. The number of amidine groups is 1. The van der Waals surface area contributed by atoms with Gasteiger partial charge in [-0.3, -0.25) is 20.1 Å². The molecule has 0 atom stereocenters. The molecule has 4 rings (SSSR count). The molecule has 7 heteroatoms. The number of nitrogens with one attached hydrogen (secondary N) is 1. The van der Waals surface area contributed by atoms with Crippen molar-refractivity contribution < 1.29 is 4.79 Å². The zero-order valence-corrected chi connectivity index (χ0v) is 17.5. The van der Waals surface area contributed by atoms with Crippen molar-refractivity contribution in [1.29, 1.82) is 0 Å². The molecule has 1 N–H and O–H groups in total. The molecule has 2 heterocycles. The summed E-state index contributed by atoms with van der Waals surface area (Å²) >= 11 is 3.13. The average molecular weight is 409 g/mol. The SMILES string of the molecule is CC1=Nc2ccc(C)cc2S/C1=C(/C)N/N=C1\SCC(=O)N1c1ccccc1. The molecule has 0 radical (unpaired) electrons. The third-order valence-corrected chi connectivity index (χ3v) is 6.66. The zero-order valence-electron chi connectivity index (χ0n) is 15.9. The number of benzene rings is 2. The van der Waals surface area contributed by atoms with E-state index in [0.717, 1.165) is 32.6 Å². The third-order valence-electron chi connectivity index (χ3n) is 4.38. The Morgan fingerprint density at radius 3 is 2.75 bits per heavy atom. The maximum absolute atomic E-state index is 12.3. The van der Waals surface area contributed by atoms with Gasteiger partial charge >= 0.3 is 0 Å². The lowest BCUT2D eigenvalue weighted by molar-refractivity contribution is -0.115. The van der Waals surface area contributed by atoms with E-state index in [4.69, 9.17) is 4.99 Å². The number of thioether (sulfide) groups is 2. The lowest BCUT2D eigenvalue weighted by Gasteiger charge is -2.19. The first kappa shape index (κ1) is 18.8. The first-order chi connectivity index (χ1) is 13.5. The van der Waals surface area contributed by atoms with Gasteiger partial charge in [-0.25, -0.2) is 0 Å². The van der Waals surface area contributed by atoms with Gasteiger partial charge in [-0.1, -0.05) is 47.8 Å². The molecule has 0 unspecified atom stereocenters. The lowest BCUT2D eigenvalue weighted by Crippen LogP contribution is -2.30. The fourth-order valence-electron chi connectivity index (χ4n) is 3.02. The highest BCUT2D eigenvalue weighted by molar-refractivity contribution is 8.15. The molecule has 2 aromatic rings. The van der Waals surface area contributed by atoms with Crippen LogP contribution in [0.5, 0.6) is 0 Å². The number of hydrogen-bond donors (Lipinski definition) is 1. The van der Waals surface area contributed by atoms with Gasteiger partial charge in [0, 0.05) is 10.6 Å². The maximum atomic E-state index is 12.3. The second-order valence-electron chi connectivity index (χ2n) is 6.58. The number of carbonyl (C=O) groups is 1. The van der Waals surface area contributed by atoms with Crippen LogP contribution >= 0.6 is 23.5 Å². The van der Waals surface area contributed by atoms with Crippen molar-refractivity contribution >= 4 is 51.7 Å². The molecular formula is C21H20N4OS2. The first-order valence-electron chi connectivity index (χ1n) is 8.92. The van der Waals surface area contributed by atoms with Gasteiger partial charge in [0.2, 0.25) is 5.91 Å². The van der Waals surface area contributed by atoms with Crippen LogP contribution in [0.2, 0.25) is 0 Å². The van der Waals surface area contributed by atoms with Crippen LogP contribution in [0.4, 0.5) is 11.4 Å². The van der Waals surface area contributed by atoms with Crippen molar-refractivity contribution in [2.24, 2.45) is 10.1 Å². The Kier molecular flexibility index (Phi) is 5.28. The van der Waals surface area contributed by atoms with Crippen LogP contribution in [-0.4, -0.2) is 22.5 Å². The second kappa shape index (κ2) is 7.85. The molecule has 1 amide bonds. The number of anilines is 1. The van der Waals surface area contributed by atoms with Crippen LogP contribution in [0.1, 0.15) is 19.4 Å². The number of allylic oxidation sites excluding steroid dienone is 2. The van der Waals surface area contributed by atoms with Crippen molar-refractivity contribution in [3.05, 3.63) is 64.7 Å². The van der Waals surface area contributed by atoms with Gasteiger partial charge in [0.25, 0.3) is 0 Å². The Balaban J connectivity index is 1.59. The highest BCUT2D eigenvalue weighted by atomic mass is 32.2. The molecule has 0 spiro atoms. The molecule has 1 fully saturated rings. The second-order valence-corrected chi connectivity index (χ2v) is 8.58. The molecule has 142 valence electrons. The molecule has 0 aliphatic carbocycles. The average Bonchev–Trinajstić information content (AvgIpc) is 3.07. The molecule has 0 bridgehead atoms. The van der Waals surface area contributed by atoms with E-state index < -0.39 is 0 Å². The lowest BCUT2D eigenvalue weighted by atomic mass is 10.2. The fraction of sp³-hybridized carbons (Fsp3) is 0.190. The van der Waals surface area contributed by atoms with Crippen molar-refractivity contribution in [3.8, 4) is 0 Å². The summed E-state index contributed by atoms with van der Waals surface area (Å²) in [5, 5.41) is 5.18. The number of hydrazone groups is 1. The largest absolute Gasteiger partial charge is 0.279 e. The molecule has 28 heavy (non-hydrogen) atoms. The summed E-state index contributed by atoms with van der Waals surface area (Å²) < 4.78 is 0. The number of rotatable bonds is 3. The molecule has 2 aromatic carbocycles. The van der Waals surface area contributed by atoms with Crippen molar-refractivity contribution in [1.82, 2.24) is 5.43 Å². The first-order valence-corrected chi connectivity index (χ1v) is 10.7. The van der Waals surface area contributed by atoms with E-state index in [1.165, 1.54) is 17.3 Å². The van der Waals surface area contributed by atoms with E-state index in [9.17, 15) is 4.79 Å². The summed E-state index contributed by atoms with van der Waals surface area (Å²) in [6.45, 7) is 6.08. The Morgan fingerprint density at radius 1 is 1.18 bits per heavy atom. The monoisotopic (exact) mass is 408 g/mol. The standard InChI is InChI=1S/C21H20N4OS2/c1-13-9-10-17-18(11-13)28-20(14(2)22-17)15(3)23-24-21-25(19(26)12-27-21)16-7-5-4-6-8-16/h4-11,23H,12H2,1-3H3/b20-15-,24-21-. The summed E-state index contributed by atoms with van der Waals surface area (Å²) in [5.41, 5.74) is 8.06. The van der Waals surface area contributed by atoms with Gasteiger partial charge in [0.15, 0.2) is 5.17 Å². The van der Waals surface area contributed by atoms with E-state index in [-0.39, 0.29) is 5.91 Å². The quantitative estimate of drug-likeness (QED) is 0.721. The minimum Gasteiger partial charge on any atom is -0.279 e. The van der Waals surface area contributed by atoms with Crippen molar-refractivity contribution in [3.63, 3.8) is 0 Å². The van der Waals surface area contributed by atoms with Crippen LogP contribution < -0.4 is 10.3 Å². The molecule has 0 aromatic heterocycles. The van der Waals surface area contributed by atoms with E-state index in [0.29, 0.717) is 10.9 Å². The summed E-state index contributed by atoms with van der Waals surface area (Å²) in [6, 6.07) is 15.9. The number of hydrogen-bond acceptors (Lipinski definition) is 6. The van der Waals surface area contributed by atoms with Crippen LogP contribution in [0.3, 0.4) is 0 Å². The van der Waals surface area contributed by atoms with Crippen LogP contribution in [0.25, 0.3) is 0 Å². The number of amides is 1. The van der Waals surface area contributed by atoms with Gasteiger partial charge in [-0.15, -0.1) is 5.10 Å². The minimum atomic E-state index is 0.0382. The van der Waals surface area contributed by atoms with Gasteiger partial charge < -0.3 is 0 Å². The summed E-state index contributed by atoms with van der Waals surface area (Å²) in [5.74, 6) is 0.434. The highest BCUT2D eigenvalue weighted by Gasteiger charge is 2.29. The molecule has 1 saturated heterocycles. The van der Waals surface area contributed by atoms with Gasteiger partial charge in [-0.2, -0.15) is 0 Å². The molecule has 5 nitrogen and oxygen atoms in total. The number of nitrogens with zero attached hydrogens (tertiary/aromatic N) is 3. The predicted molar refractivity (Wildman–Crippen MR) is 119 cm³/mol. The van der Waals surface area contributed by atoms with E-state index >= 15 is 0 Å². The van der Waals surface area contributed by atoms with Gasteiger partial charge in [0.05, 0.1) is 27.7 Å². The van der Waals surface area contributed by atoms with Crippen molar-refractivity contribution in [2.45, 2.75) is 25.7 Å². The summed E-state index contributed by atoms with van der Waals surface area (Å²) in [4.78, 5) is 20.9. The van der Waals surface area contributed by atoms with E-state index in [1.54, 1.807) is 16.7 Å². The fourth-order valence-corrected chi connectivity index (χ4v) is 4.92. The number of aliphatic imine (C=N–C) groups is 1. The van der Waals surface area contributed by atoms with Crippen LogP contribution in [0, 0.1) is 6.92 Å². The molecule has 2 aliphatic rings. The van der Waals surface area contributed by atoms with Crippen molar-refractivity contribution in [2.75, 3.05) is 10.7 Å². The molecule has 2 aliphatic heterocycles. The maximum Gasteiger partial charge on any atom is 0.243 e. The van der Waals surface area contributed by atoms with Gasteiger partial charge in [-0.05, 0) is 50.6 Å². The summed E-state index contributed by atoms with van der Waals surface area (Å²) in [6.07, 6.45) is 0. The number of carbonyl (C=O) groups excluding carboxylic acids is 1. The Labute approximate surface area is 173 Å². The van der Waals surface area contributed by atoms with Crippen LogP contribution in [-0.2, 0) is 4.79 Å². The predicted octanol–water partition coefficient (Wildman–Crippen LogP) is 5.07. The third kappa shape index (κ3) is 3.72. The minimum absolute atomic E-state index is 0.0382. The van der Waals surface area contributed by atoms with Gasteiger partial charge in [0.1, 0.15) is 0 Å². The number of fused-ring (bicyclic) bond motifs is 1. The van der Waals surface area contributed by atoms with E-state index in [1.807, 2.05) is 44.2 Å².